The fraction of sp³-hybridized carbons (Fsp3) is 0.192. The van der Waals surface area contributed by atoms with Crippen molar-refractivity contribution < 1.29 is 27.4 Å². The molecule has 0 bridgehead atoms. The summed E-state index contributed by atoms with van der Waals surface area (Å²) in [5, 5.41) is 2.69. The molecule has 0 unspecified atom stereocenters. The molecule has 0 radical (unpaired) electrons. The molecule has 3 aromatic rings. The monoisotopic (exact) mass is 485 g/mol. The number of nitrogens with one attached hydrogen (secondary N) is 1. The predicted molar refractivity (Wildman–Crippen MR) is 123 cm³/mol. The molecule has 0 aliphatic heterocycles. The van der Waals surface area contributed by atoms with Crippen molar-refractivity contribution in [2.45, 2.75) is 18.7 Å². The number of ether oxygens (including phenoxy) is 2. The van der Waals surface area contributed by atoms with Crippen LogP contribution in [0.5, 0.6) is 5.75 Å². The Labute approximate surface area is 199 Å². The number of hydrogen-bond acceptors (Lipinski definition) is 3. The number of rotatable bonds is 5. The van der Waals surface area contributed by atoms with Gasteiger partial charge in [-0.3, -0.25) is 0 Å². The van der Waals surface area contributed by atoms with E-state index in [1.54, 1.807) is 0 Å². The molecule has 0 spiro atoms. The van der Waals surface area contributed by atoms with Gasteiger partial charge in [0.15, 0.2) is 0 Å². The van der Waals surface area contributed by atoms with Crippen LogP contribution in [0.15, 0.2) is 66.7 Å². The third-order valence-corrected chi connectivity index (χ3v) is 5.57. The first kappa shape index (κ1) is 23.5. The largest absolute Gasteiger partial charge is 0.573 e. The third-order valence-electron chi connectivity index (χ3n) is 5.26. The van der Waals surface area contributed by atoms with Crippen molar-refractivity contribution in [2.75, 3.05) is 13.2 Å². The Hall–Kier alpha value is -3.63. The highest BCUT2D eigenvalue weighted by atomic mass is 35.5. The Morgan fingerprint density at radius 2 is 1.65 bits per heavy atom. The molecule has 1 N–H and O–H groups in total. The molecule has 34 heavy (non-hydrogen) atoms. The summed E-state index contributed by atoms with van der Waals surface area (Å²) in [6.45, 7) is 0.462. The van der Waals surface area contributed by atoms with Crippen LogP contribution in [0.2, 0.25) is 5.02 Å². The summed E-state index contributed by atoms with van der Waals surface area (Å²) >= 11 is 5.96. The molecule has 0 aromatic heterocycles. The van der Waals surface area contributed by atoms with E-state index < -0.39 is 18.2 Å². The average molecular weight is 486 g/mol. The van der Waals surface area contributed by atoms with Crippen LogP contribution in [0, 0.1) is 11.8 Å². The summed E-state index contributed by atoms with van der Waals surface area (Å²) in [7, 11) is 0. The van der Waals surface area contributed by atoms with Crippen molar-refractivity contribution >= 4 is 17.7 Å². The average Bonchev–Trinajstić information content (AvgIpc) is 3.11. The molecule has 1 aliphatic carbocycles. The van der Waals surface area contributed by atoms with Gasteiger partial charge in [0.25, 0.3) is 0 Å². The van der Waals surface area contributed by atoms with Crippen molar-refractivity contribution in [3.8, 4) is 28.7 Å². The van der Waals surface area contributed by atoms with Crippen LogP contribution < -0.4 is 10.1 Å². The fourth-order valence-corrected chi connectivity index (χ4v) is 4.05. The van der Waals surface area contributed by atoms with E-state index in [1.807, 2.05) is 36.4 Å². The lowest BCUT2D eigenvalue weighted by Gasteiger charge is -2.14. The maximum Gasteiger partial charge on any atom is 0.573 e. The van der Waals surface area contributed by atoms with Gasteiger partial charge >= 0.3 is 12.5 Å². The lowest BCUT2D eigenvalue weighted by atomic mass is 9.98. The topological polar surface area (TPSA) is 47.6 Å². The van der Waals surface area contributed by atoms with Crippen LogP contribution in [0.4, 0.5) is 18.0 Å². The van der Waals surface area contributed by atoms with Gasteiger partial charge in [-0.25, -0.2) is 4.79 Å². The van der Waals surface area contributed by atoms with E-state index in [-0.39, 0.29) is 24.1 Å². The molecule has 0 saturated heterocycles. The van der Waals surface area contributed by atoms with Gasteiger partial charge in [-0.15, -0.1) is 13.2 Å². The molecular weight excluding hydrogens is 467 g/mol. The number of benzene rings is 3. The lowest BCUT2D eigenvalue weighted by Crippen LogP contribution is -2.26. The van der Waals surface area contributed by atoms with Gasteiger partial charge in [0.1, 0.15) is 12.4 Å². The second-order valence-corrected chi connectivity index (χ2v) is 7.90. The summed E-state index contributed by atoms with van der Waals surface area (Å²) in [5.74, 6) is 5.15. The molecule has 1 amide bonds. The standard InChI is InChI=1S/C26H19ClF3NO3/c27-24-15-18(34-26(28,29)30)13-12-17(24)7-5-6-14-31-25(32)33-16-23-21-10-3-1-8-19(21)20-9-2-4-11-22(20)23/h1-4,8-13,15,23H,6,14,16H2,(H,31,32). The molecule has 1 aliphatic rings. The molecule has 4 nitrogen and oxygen atoms in total. The molecule has 174 valence electrons. The molecular formula is C26H19ClF3NO3. The van der Waals surface area contributed by atoms with Gasteiger partial charge in [0.2, 0.25) is 0 Å². The maximum atomic E-state index is 12.3. The van der Waals surface area contributed by atoms with E-state index in [0.717, 1.165) is 34.4 Å². The first-order valence-corrected chi connectivity index (χ1v) is 10.8. The number of amides is 1. The number of hydrogen-bond donors (Lipinski definition) is 1. The highest BCUT2D eigenvalue weighted by molar-refractivity contribution is 6.31. The summed E-state index contributed by atoms with van der Waals surface area (Å²) in [6.07, 6.45) is -5.03. The Morgan fingerprint density at radius 1 is 1.00 bits per heavy atom. The predicted octanol–water partition coefficient (Wildman–Crippen LogP) is 6.52. The normalized spacial score (nSPS) is 12.2. The molecule has 3 aromatic carbocycles. The Bertz CT molecular complexity index is 1220. The van der Waals surface area contributed by atoms with Crippen molar-refractivity contribution in [3.63, 3.8) is 0 Å². The molecule has 4 rings (SSSR count). The SMILES string of the molecule is O=C(NCCC#Cc1ccc(OC(F)(F)F)cc1Cl)OCC1c2ccccc2-c2ccccc21. The number of halogens is 4. The smallest absolute Gasteiger partial charge is 0.449 e. The number of carbonyl (C=O) groups is 1. The van der Waals surface area contributed by atoms with Crippen LogP contribution in [0.25, 0.3) is 11.1 Å². The Kier molecular flexibility index (Phi) is 6.99. The minimum absolute atomic E-state index is 0.0237. The van der Waals surface area contributed by atoms with Crippen molar-refractivity contribution in [1.82, 2.24) is 5.32 Å². The van der Waals surface area contributed by atoms with Gasteiger partial charge in [-0.1, -0.05) is 72.0 Å². The van der Waals surface area contributed by atoms with E-state index in [2.05, 4.69) is 34.0 Å². The second kappa shape index (κ2) is 10.1. The van der Waals surface area contributed by atoms with Crippen molar-refractivity contribution in [1.29, 1.82) is 0 Å². The number of alkyl halides is 3. The summed E-state index contributed by atoms with van der Waals surface area (Å²) in [6, 6.07) is 19.7. The van der Waals surface area contributed by atoms with E-state index in [9.17, 15) is 18.0 Å². The number of fused-ring (bicyclic) bond motifs is 3. The zero-order valence-corrected chi connectivity index (χ0v) is 18.5. The minimum Gasteiger partial charge on any atom is -0.449 e. The summed E-state index contributed by atoms with van der Waals surface area (Å²) in [5.41, 5.74) is 4.92. The maximum absolute atomic E-state index is 12.3. The van der Waals surface area contributed by atoms with Crippen molar-refractivity contribution in [2.24, 2.45) is 0 Å². The molecule has 0 fully saturated rings. The highest BCUT2D eigenvalue weighted by Gasteiger charge is 2.31. The van der Waals surface area contributed by atoms with Crippen LogP contribution in [-0.4, -0.2) is 25.6 Å². The molecule has 0 saturated carbocycles. The van der Waals surface area contributed by atoms with E-state index in [0.29, 0.717) is 12.0 Å². The van der Waals surface area contributed by atoms with Crippen molar-refractivity contribution in [3.05, 3.63) is 88.4 Å². The first-order valence-electron chi connectivity index (χ1n) is 10.4. The van der Waals surface area contributed by atoms with Gasteiger partial charge in [-0.2, -0.15) is 0 Å². The lowest BCUT2D eigenvalue weighted by molar-refractivity contribution is -0.274. The zero-order chi connectivity index (χ0) is 24.1. The fourth-order valence-electron chi connectivity index (χ4n) is 3.83. The Morgan fingerprint density at radius 3 is 2.26 bits per heavy atom. The van der Waals surface area contributed by atoms with Crippen LogP contribution in [0.1, 0.15) is 29.0 Å². The molecule has 0 heterocycles. The minimum atomic E-state index is -4.79. The molecule has 0 atom stereocenters. The number of carbonyl (C=O) groups excluding carboxylic acids is 1. The van der Waals surface area contributed by atoms with Gasteiger partial charge in [-0.05, 0) is 34.4 Å². The summed E-state index contributed by atoms with van der Waals surface area (Å²) in [4.78, 5) is 12.2. The van der Waals surface area contributed by atoms with Crippen LogP contribution >= 0.6 is 11.6 Å². The van der Waals surface area contributed by atoms with Gasteiger partial charge < -0.3 is 14.8 Å². The van der Waals surface area contributed by atoms with E-state index in [1.165, 1.54) is 6.07 Å². The van der Waals surface area contributed by atoms with E-state index in [4.69, 9.17) is 16.3 Å². The number of alkyl carbamates (subject to hydrolysis) is 1. The quantitative estimate of drug-likeness (QED) is 0.330. The first-order chi connectivity index (χ1) is 16.3. The van der Waals surface area contributed by atoms with Crippen LogP contribution in [0.3, 0.4) is 0 Å². The summed E-state index contributed by atoms with van der Waals surface area (Å²) < 4.78 is 46.0. The zero-order valence-electron chi connectivity index (χ0n) is 17.8. The third kappa shape index (κ3) is 5.64. The Balaban J connectivity index is 1.26. The highest BCUT2D eigenvalue weighted by Crippen LogP contribution is 2.44. The van der Waals surface area contributed by atoms with Crippen LogP contribution in [-0.2, 0) is 4.74 Å². The second-order valence-electron chi connectivity index (χ2n) is 7.49. The van der Waals surface area contributed by atoms with E-state index >= 15 is 0 Å². The van der Waals surface area contributed by atoms with Gasteiger partial charge in [0.05, 0.1) is 5.02 Å². The van der Waals surface area contributed by atoms with Gasteiger partial charge in [0, 0.05) is 30.5 Å². The molecule has 8 heteroatoms.